The second kappa shape index (κ2) is 4.63. The number of rotatable bonds is 3. The fourth-order valence-electron chi connectivity index (χ4n) is 0.982. The van der Waals surface area contributed by atoms with Crippen LogP contribution in [0.25, 0.3) is 0 Å². The first kappa shape index (κ1) is 10.5. The van der Waals surface area contributed by atoms with Crippen LogP contribution in [0, 0.1) is 0 Å². The Hall–Kier alpha value is -0.540. The van der Waals surface area contributed by atoms with Gasteiger partial charge in [-0.2, -0.15) is 0 Å². The van der Waals surface area contributed by atoms with E-state index in [1.54, 1.807) is 6.07 Å². The average Bonchev–Trinajstić information content (AvgIpc) is 2.07. The number of nitrogens with one attached hydrogen (secondary N) is 1. The fraction of sp³-hybridized carbons (Fsp3) is 0.400. The molecule has 13 heavy (non-hydrogen) atoms. The van der Waals surface area contributed by atoms with Crippen molar-refractivity contribution in [3.8, 4) is 5.75 Å². The summed E-state index contributed by atoms with van der Waals surface area (Å²) in [4.78, 5) is 0. The van der Waals surface area contributed by atoms with Gasteiger partial charge in [0, 0.05) is 12.6 Å². The number of benzene rings is 1. The van der Waals surface area contributed by atoms with Crippen molar-refractivity contribution in [2.24, 2.45) is 0 Å². The summed E-state index contributed by atoms with van der Waals surface area (Å²) >= 11 is 3.28. The van der Waals surface area contributed by atoms with Crippen LogP contribution in [0.5, 0.6) is 5.75 Å². The molecule has 0 bridgehead atoms. The molecule has 1 rings (SSSR count). The predicted molar refractivity (Wildman–Crippen MR) is 57.8 cm³/mol. The van der Waals surface area contributed by atoms with Gasteiger partial charge in [-0.05, 0) is 33.6 Å². The Morgan fingerprint density at radius 2 is 2.15 bits per heavy atom. The zero-order valence-electron chi connectivity index (χ0n) is 7.84. The molecule has 0 unspecified atom stereocenters. The molecule has 0 heterocycles. The lowest BCUT2D eigenvalue weighted by atomic mass is 10.2. The Morgan fingerprint density at radius 1 is 1.46 bits per heavy atom. The summed E-state index contributed by atoms with van der Waals surface area (Å²) in [5, 5.41) is 12.6. The number of halogens is 1. The molecule has 0 aliphatic carbocycles. The molecule has 0 aliphatic heterocycles. The van der Waals surface area contributed by atoms with Crippen LogP contribution in [-0.4, -0.2) is 11.1 Å². The van der Waals surface area contributed by atoms with Gasteiger partial charge in [0.15, 0.2) is 0 Å². The highest BCUT2D eigenvalue weighted by atomic mass is 79.9. The smallest absolute Gasteiger partial charge is 0.129 e. The van der Waals surface area contributed by atoms with E-state index in [9.17, 15) is 5.11 Å². The van der Waals surface area contributed by atoms with Gasteiger partial charge < -0.3 is 10.4 Å². The van der Waals surface area contributed by atoms with Crippen LogP contribution in [0.4, 0.5) is 0 Å². The summed E-state index contributed by atoms with van der Waals surface area (Å²) in [5.41, 5.74) is 1.17. The van der Waals surface area contributed by atoms with Gasteiger partial charge in [0.25, 0.3) is 0 Å². The van der Waals surface area contributed by atoms with E-state index in [1.165, 1.54) is 5.56 Å². The molecule has 0 atom stereocenters. The molecule has 0 aliphatic rings. The topological polar surface area (TPSA) is 32.3 Å². The first-order valence-electron chi connectivity index (χ1n) is 4.30. The minimum atomic E-state index is 0.285. The third-order valence-electron chi connectivity index (χ3n) is 1.73. The Labute approximate surface area is 87.1 Å². The lowest BCUT2D eigenvalue weighted by Crippen LogP contribution is -2.21. The maximum Gasteiger partial charge on any atom is 0.129 e. The van der Waals surface area contributed by atoms with Crippen molar-refractivity contribution < 1.29 is 5.11 Å². The Kier molecular flexibility index (Phi) is 3.75. The highest BCUT2D eigenvalue weighted by Gasteiger charge is 1.99. The standard InChI is InChI=1S/C10H14BrNO/c1-7(2)12-6-8-3-4-10(13)9(11)5-8/h3-5,7,12-13H,6H2,1-2H3. The summed E-state index contributed by atoms with van der Waals surface area (Å²) in [6, 6.07) is 6.01. The van der Waals surface area contributed by atoms with E-state index in [1.807, 2.05) is 12.1 Å². The fourth-order valence-corrected chi connectivity index (χ4v) is 1.41. The Balaban J connectivity index is 2.63. The van der Waals surface area contributed by atoms with Gasteiger partial charge in [-0.15, -0.1) is 0 Å². The molecule has 0 fully saturated rings. The summed E-state index contributed by atoms with van der Waals surface area (Å²) in [5.74, 6) is 0.285. The van der Waals surface area contributed by atoms with Gasteiger partial charge in [-0.1, -0.05) is 19.9 Å². The van der Waals surface area contributed by atoms with Gasteiger partial charge in [0.1, 0.15) is 5.75 Å². The number of phenols is 1. The zero-order valence-corrected chi connectivity index (χ0v) is 9.43. The molecule has 3 heteroatoms. The van der Waals surface area contributed by atoms with Crippen molar-refractivity contribution in [1.82, 2.24) is 5.32 Å². The molecule has 1 aromatic rings. The number of aromatic hydroxyl groups is 1. The largest absolute Gasteiger partial charge is 0.507 e. The average molecular weight is 244 g/mol. The van der Waals surface area contributed by atoms with E-state index < -0.39 is 0 Å². The first-order chi connectivity index (χ1) is 6.09. The van der Waals surface area contributed by atoms with Crippen LogP contribution in [0.1, 0.15) is 19.4 Å². The quantitative estimate of drug-likeness (QED) is 0.856. The molecule has 0 radical (unpaired) electrons. The van der Waals surface area contributed by atoms with Gasteiger partial charge in [0.05, 0.1) is 4.47 Å². The van der Waals surface area contributed by atoms with Crippen LogP contribution >= 0.6 is 15.9 Å². The van der Waals surface area contributed by atoms with Gasteiger partial charge in [-0.25, -0.2) is 0 Å². The molecule has 72 valence electrons. The summed E-state index contributed by atoms with van der Waals surface area (Å²) in [6.07, 6.45) is 0. The minimum Gasteiger partial charge on any atom is -0.507 e. The zero-order chi connectivity index (χ0) is 9.84. The minimum absolute atomic E-state index is 0.285. The van der Waals surface area contributed by atoms with Crippen molar-refractivity contribution in [3.63, 3.8) is 0 Å². The predicted octanol–water partition coefficient (Wildman–Crippen LogP) is 2.65. The molecule has 0 saturated heterocycles. The van der Waals surface area contributed by atoms with Crippen LogP contribution in [-0.2, 0) is 6.54 Å². The lowest BCUT2D eigenvalue weighted by Gasteiger charge is -2.08. The molecule has 2 N–H and O–H groups in total. The maximum absolute atomic E-state index is 9.25. The molecule has 0 spiro atoms. The van der Waals surface area contributed by atoms with Crippen molar-refractivity contribution >= 4 is 15.9 Å². The second-order valence-electron chi connectivity index (χ2n) is 3.32. The van der Waals surface area contributed by atoms with Crippen LogP contribution in [0.15, 0.2) is 22.7 Å². The number of hydrogen-bond donors (Lipinski definition) is 2. The van der Waals surface area contributed by atoms with Gasteiger partial charge >= 0.3 is 0 Å². The third-order valence-corrected chi connectivity index (χ3v) is 2.36. The molecule has 0 saturated carbocycles. The van der Waals surface area contributed by atoms with Crippen molar-refractivity contribution in [3.05, 3.63) is 28.2 Å². The first-order valence-corrected chi connectivity index (χ1v) is 5.09. The van der Waals surface area contributed by atoms with E-state index in [4.69, 9.17) is 0 Å². The maximum atomic E-state index is 9.25. The van der Waals surface area contributed by atoms with Crippen LogP contribution in [0.3, 0.4) is 0 Å². The molecule has 1 aromatic carbocycles. The van der Waals surface area contributed by atoms with Crippen molar-refractivity contribution in [2.75, 3.05) is 0 Å². The Morgan fingerprint density at radius 3 is 2.69 bits per heavy atom. The van der Waals surface area contributed by atoms with E-state index in [-0.39, 0.29) is 5.75 Å². The summed E-state index contributed by atoms with van der Waals surface area (Å²) in [7, 11) is 0. The van der Waals surface area contributed by atoms with Crippen molar-refractivity contribution in [2.45, 2.75) is 26.4 Å². The van der Waals surface area contributed by atoms with E-state index in [2.05, 4.69) is 35.1 Å². The van der Waals surface area contributed by atoms with E-state index in [0.29, 0.717) is 6.04 Å². The highest BCUT2D eigenvalue weighted by molar-refractivity contribution is 9.10. The Bertz CT molecular complexity index is 286. The lowest BCUT2D eigenvalue weighted by molar-refractivity contribution is 0.471. The number of hydrogen-bond acceptors (Lipinski definition) is 2. The van der Waals surface area contributed by atoms with Gasteiger partial charge in [0.2, 0.25) is 0 Å². The molecular weight excluding hydrogens is 230 g/mol. The van der Waals surface area contributed by atoms with Crippen LogP contribution in [0.2, 0.25) is 0 Å². The second-order valence-corrected chi connectivity index (χ2v) is 4.18. The normalized spacial score (nSPS) is 10.8. The SMILES string of the molecule is CC(C)NCc1ccc(O)c(Br)c1. The molecule has 0 aromatic heterocycles. The third kappa shape index (κ3) is 3.36. The molecule has 2 nitrogen and oxygen atoms in total. The van der Waals surface area contributed by atoms with Crippen molar-refractivity contribution in [1.29, 1.82) is 0 Å². The van der Waals surface area contributed by atoms with Crippen LogP contribution < -0.4 is 5.32 Å². The highest BCUT2D eigenvalue weighted by Crippen LogP contribution is 2.24. The van der Waals surface area contributed by atoms with E-state index in [0.717, 1.165) is 11.0 Å². The monoisotopic (exact) mass is 243 g/mol. The number of phenolic OH excluding ortho intramolecular Hbond substituents is 1. The van der Waals surface area contributed by atoms with Gasteiger partial charge in [-0.3, -0.25) is 0 Å². The molecular formula is C10H14BrNO. The van der Waals surface area contributed by atoms with E-state index >= 15 is 0 Å². The summed E-state index contributed by atoms with van der Waals surface area (Å²) < 4.78 is 0.746. The summed E-state index contributed by atoms with van der Waals surface area (Å²) in [6.45, 7) is 5.04. The molecule has 0 amide bonds.